The average Bonchev–Trinajstić information content (AvgIpc) is 3.17. The van der Waals surface area contributed by atoms with Gasteiger partial charge in [0, 0.05) is 54.5 Å². The van der Waals surface area contributed by atoms with Crippen LogP contribution in [0.15, 0.2) is 53.5 Å². The van der Waals surface area contributed by atoms with E-state index in [-0.39, 0.29) is 17.5 Å². The normalized spacial score (nSPS) is 19.3. The van der Waals surface area contributed by atoms with Gasteiger partial charge in [0.25, 0.3) is 0 Å². The lowest BCUT2D eigenvalue weighted by Gasteiger charge is -2.38. The Balaban J connectivity index is 1.73. The predicted molar refractivity (Wildman–Crippen MR) is 137 cm³/mol. The minimum atomic E-state index is -1.24. The molecule has 1 aromatic heterocycles. The number of carboxylic acid groups (broad SMARTS) is 1. The van der Waals surface area contributed by atoms with Crippen LogP contribution in [0.5, 0.6) is 5.75 Å². The van der Waals surface area contributed by atoms with E-state index in [4.69, 9.17) is 25.8 Å². The van der Waals surface area contributed by atoms with Gasteiger partial charge in [-0.05, 0) is 49.2 Å². The van der Waals surface area contributed by atoms with E-state index < -0.39 is 17.0 Å². The number of ether oxygens (including phenoxy) is 3. The van der Waals surface area contributed by atoms with Crippen molar-refractivity contribution >= 4 is 17.6 Å². The number of methoxy groups -OCH3 is 1. The number of aromatic nitrogens is 1. The Bertz CT molecular complexity index is 1380. The van der Waals surface area contributed by atoms with Crippen LogP contribution in [0.4, 0.5) is 0 Å². The maximum absolute atomic E-state index is 12.8. The molecule has 0 radical (unpaired) electrons. The number of benzene rings is 2. The zero-order valence-corrected chi connectivity index (χ0v) is 21.2. The fourth-order valence-corrected chi connectivity index (χ4v) is 5.52. The standard InChI is InChI=1S/C28H28ClNO6/c1-28(2)26-22(15-36-28)19-12-25(35-10-4-9-34-3)18(16-5-7-17(29)8-6-16)11-20(19)23-13-24(31)21(27(32)33)14-30(23)26/h5-8,11-14,22,26H,4,9-10,15H2,1-3H3,(H,32,33)/t22-,26+/m1/s1. The smallest absolute Gasteiger partial charge is 0.341 e. The highest BCUT2D eigenvalue weighted by Crippen LogP contribution is 2.54. The Morgan fingerprint density at radius 3 is 2.61 bits per heavy atom. The summed E-state index contributed by atoms with van der Waals surface area (Å²) in [7, 11) is 1.66. The van der Waals surface area contributed by atoms with E-state index in [1.54, 1.807) is 7.11 Å². The van der Waals surface area contributed by atoms with E-state index in [1.807, 2.05) is 54.8 Å². The van der Waals surface area contributed by atoms with Gasteiger partial charge in [0.15, 0.2) is 5.43 Å². The van der Waals surface area contributed by atoms with Gasteiger partial charge in [-0.2, -0.15) is 0 Å². The van der Waals surface area contributed by atoms with Crippen molar-refractivity contribution in [2.45, 2.75) is 37.8 Å². The highest BCUT2D eigenvalue weighted by atomic mass is 35.5. The zero-order valence-electron chi connectivity index (χ0n) is 20.4. The number of halogens is 1. The number of carboxylic acids is 1. The van der Waals surface area contributed by atoms with Crippen LogP contribution in [-0.2, 0) is 9.47 Å². The second-order valence-electron chi connectivity index (χ2n) is 9.75. The molecule has 2 aromatic carbocycles. The first kappa shape index (κ1) is 24.6. The molecule has 3 aromatic rings. The van der Waals surface area contributed by atoms with E-state index in [1.165, 1.54) is 12.3 Å². The lowest BCUT2D eigenvalue weighted by atomic mass is 9.78. The maximum Gasteiger partial charge on any atom is 0.341 e. The van der Waals surface area contributed by atoms with Crippen LogP contribution in [0.1, 0.15) is 48.1 Å². The van der Waals surface area contributed by atoms with Crippen LogP contribution < -0.4 is 10.2 Å². The third-order valence-corrected chi connectivity index (χ3v) is 7.32. The van der Waals surface area contributed by atoms with Crippen molar-refractivity contribution in [1.29, 1.82) is 0 Å². The quantitative estimate of drug-likeness (QED) is 0.429. The zero-order chi connectivity index (χ0) is 25.6. The van der Waals surface area contributed by atoms with Gasteiger partial charge in [-0.1, -0.05) is 23.7 Å². The molecule has 0 spiro atoms. The minimum absolute atomic E-state index is 0.0350. The first-order chi connectivity index (χ1) is 17.2. The van der Waals surface area contributed by atoms with Gasteiger partial charge in [-0.25, -0.2) is 4.79 Å². The molecule has 5 rings (SSSR count). The van der Waals surface area contributed by atoms with Crippen LogP contribution in [0.2, 0.25) is 5.02 Å². The summed E-state index contributed by atoms with van der Waals surface area (Å²) in [5.74, 6) is -0.545. The number of rotatable bonds is 7. The summed E-state index contributed by atoms with van der Waals surface area (Å²) < 4.78 is 19.5. The molecule has 0 aliphatic carbocycles. The molecule has 8 heteroatoms. The molecule has 1 saturated heterocycles. The third-order valence-electron chi connectivity index (χ3n) is 7.07. The van der Waals surface area contributed by atoms with Crippen LogP contribution >= 0.6 is 11.6 Å². The van der Waals surface area contributed by atoms with Crippen molar-refractivity contribution in [3.05, 3.63) is 75.0 Å². The number of hydrogen-bond donors (Lipinski definition) is 1. The molecule has 0 unspecified atom stereocenters. The van der Waals surface area contributed by atoms with Gasteiger partial charge in [0.1, 0.15) is 11.3 Å². The van der Waals surface area contributed by atoms with Crippen LogP contribution in [-0.4, -0.2) is 48.2 Å². The van der Waals surface area contributed by atoms with Crippen molar-refractivity contribution in [3.8, 4) is 28.1 Å². The Kier molecular flexibility index (Phi) is 6.41. The fourth-order valence-electron chi connectivity index (χ4n) is 5.39. The summed E-state index contributed by atoms with van der Waals surface area (Å²) in [6.07, 6.45) is 2.21. The largest absolute Gasteiger partial charge is 0.493 e. The highest BCUT2D eigenvalue weighted by molar-refractivity contribution is 6.30. The number of nitrogens with zero attached hydrogens (tertiary/aromatic N) is 1. The summed E-state index contributed by atoms with van der Waals surface area (Å²) in [5, 5.41) is 10.3. The predicted octanol–water partition coefficient (Wildman–Crippen LogP) is 5.40. The minimum Gasteiger partial charge on any atom is -0.493 e. The molecular weight excluding hydrogens is 482 g/mol. The maximum atomic E-state index is 12.8. The Hall–Kier alpha value is -3.13. The van der Waals surface area contributed by atoms with Gasteiger partial charge in [0.05, 0.1) is 30.6 Å². The van der Waals surface area contributed by atoms with Gasteiger partial charge < -0.3 is 23.9 Å². The molecule has 1 fully saturated rings. The molecule has 2 aliphatic rings. The van der Waals surface area contributed by atoms with E-state index in [0.717, 1.165) is 34.4 Å². The number of carbonyl (C=O) groups is 1. The number of fused-ring (bicyclic) bond motifs is 6. The molecule has 7 nitrogen and oxygen atoms in total. The van der Waals surface area contributed by atoms with Crippen LogP contribution in [0, 0.1) is 0 Å². The molecule has 0 bridgehead atoms. The first-order valence-electron chi connectivity index (χ1n) is 11.9. The number of aromatic carboxylic acids is 1. The van der Waals surface area contributed by atoms with Gasteiger partial charge >= 0.3 is 5.97 Å². The van der Waals surface area contributed by atoms with E-state index in [2.05, 4.69) is 0 Å². The first-order valence-corrected chi connectivity index (χ1v) is 12.3. The van der Waals surface area contributed by atoms with Crippen LogP contribution in [0.25, 0.3) is 22.4 Å². The second-order valence-corrected chi connectivity index (χ2v) is 10.2. The summed E-state index contributed by atoms with van der Waals surface area (Å²) in [6.45, 7) is 5.55. The molecule has 2 atom stereocenters. The monoisotopic (exact) mass is 509 g/mol. The topological polar surface area (TPSA) is 87.0 Å². The van der Waals surface area contributed by atoms with E-state index >= 15 is 0 Å². The molecule has 36 heavy (non-hydrogen) atoms. The SMILES string of the molecule is COCCCOc1cc2c(cc1-c1ccc(Cl)cc1)-c1cc(=O)c(C(=O)O)cn1[C@H]1[C@@H]2COC1(C)C. The summed E-state index contributed by atoms with van der Waals surface area (Å²) in [6, 6.07) is 12.8. The summed E-state index contributed by atoms with van der Waals surface area (Å²) in [4.78, 5) is 24.6. The van der Waals surface area contributed by atoms with Gasteiger partial charge in [-0.15, -0.1) is 0 Å². The van der Waals surface area contributed by atoms with Crippen molar-refractivity contribution in [2.24, 2.45) is 0 Å². The summed E-state index contributed by atoms with van der Waals surface area (Å²) >= 11 is 6.14. The lowest BCUT2D eigenvalue weighted by Crippen LogP contribution is -2.36. The van der Waals surface area contributed by atoms with Crippen molar-refractivity contribution < 1.29 is 24.1 Å². The van der Waals surface area contributed by atoms with E-state index in [0.29, 0.717) is 30.5 Å². The van der Waals surface area contributed by atoms with Gasteiger partial charge in [0.2, 0.25) is 0 Å². The molecule has 0 amide bonds. The average molecular weight is 510 g/mol. The Morgan fingerprint density at radius 1 is 1.17 bits per heavy atom. The molecular formula is C28H28ClNO6. The molecule has 1 N–H and O–H groups in total. The molecule has 2 aliphatic heterocycles. The number of hydrogen-bond acceptors (Lipinski definition) is 5. The second kappa shape index (κ2) is 9.39. The van der Waals surface area contributed by atoms with Crippen molar-refractivity contribution in [3.63, 3.8) is 0 Å². The van der Waals surface area contributed by atoms with Crippen molar-refractivity contribution in [2.75, 3.05) is 26.9 Å². The summed E-state index contributed by atoms with van der Waals surface area (Å²) in [5.41, 5.74) is 3.00. The molecule has 0 saturated carbocycles. The fraction of sp³-hybridized carbons (Fsp3) is 0.357. The van der Waals surface area contributed by atoms with Gasteiger partial charge in [-0.3, -0.25) is 4.79 Å². The molecule has 188 valence electrons. The number of pyridine rings is 1. The third kappa shape index (κ3) is 4.21. The Labute approximate surface area is 214 Å². The molecule has 3 heterocycles. The van der Waals surface area contributed by atoms with Crippen molar-refractivity contribution in [1.82, 2.24) is 4.57 Å². The van der Waals surface area contributed by atoms with Crippen LogP contribution in [0.3, 0.4) is 0 Å². The highest BCUT2D eigenvalue weighted by Gasteiger charge is 2.49. The lowest BCUT2D eigenvalue weighted by molar-refractivity contribution is 0.0145. The van der Waals surface area contributed by atoms with E-state index in [9.17, 15) is 14.7 Å². The Morgan fingerprint density at radius 2 is 1.92 bits per heavy atom.